The van der Waals surface area contributed by atoms with E-state index in [2.05, 4.69) is 30.0 Å². The van der Waals surface area contributed by atoms with Gasteiger partial charge in [-0.15, -0.1) is 0 Å². The van der Waals surface area contributed by atoms with Crippen LogP contribution in [0.4, 0.5) is 0 Å². The average Bonchev–Trinajstić information content (AvgIpc) is 2.63. The summed E-state index contributed by atoms with van der Waals surface area (Å²) < 4.78 is 2.68. The predicted octanol–water partition coefficient (Wildman–Crippen LogP) is 3.60. The molecule has 0 aliphatic carbocycles. The second-order valence-electron chi connectivity index (χ2n) is 4.15. The van der Waals surface area contributed by atoms with Gasteiger partial charge in [0.25, 0.3) is 0 Å². The van der Waals surface area contributed by atoms with E-state index in [-0.39, 0.29) is 0 Å². The first-order valence-corrected chi connectivity index (χ1v) is 6.15. The number of aromatic amines is 1. The number of nitrogens with zero attached hydrogens (tertiary/aromatic N) is 2. The highest BCUT2D eigenvalue weighted by molar-refractivity contribution is 7.71. The Morgan fingerprint density at radius 2 is 2.06 bits per heavy atom. The van der Waals surface area contributed by atoms with Gasteiger partial charge in [-0.3, -0.25) is 5.10 Å². The van der Waals surface area contributed by atoms with Gasteiger partial charge in [0.15, 0.2) is 5.65 Å². The molecule has 16 heavy (non-hydrogen) atoms. The Hall–Kier alpha value is -1.16. The zero-order chi connectivity index (χ0) is 11.7. The van der Waals surface area contributed by atoms with Crippen molar-refractivity contribution in [2.24, 2.45) is 0 Å². The van der Waals surface area contributed by atoms with Crippen LogP contribution >= 0.6 is 12.2 Å². The maximum Gasteiger partial charge on any atom is 0.154 e. The Bertz CT molecular complexity index is 549. The first-order chi connectivity index (χ1) is 7.65. The number of hydrogen-bond donors (Lipinski definition) is 1. The van der Waals surface area contributed by atoms with Gasteiger partial charge in [0.05, 0.1) is 0 Å². The second-order valence-corrected chi connectivity index (χ2v) is 4.57. The minimum Gasteiger partial charge on any atom is -0.295 e. The highest BCUT2D eigenvalue weighted by atomic mass is 32.1. The molecular formula is C12H17N3S. The molecule has 2 aromatic heterocycles. The molecule has 2 aromatic rings. The molecule has 0 saturated carbocycles. The van der Waals surface area contributed by atoms with Crippen LogP contribution in [0.2, 0.25) is 0 Å². The van der Waals surface area contributed by atoms with E-state index >= 15 is 0 Å². The quantitative estimate of drug-likeness (QED) is 0.824. The van der Waals surface area contributed by atoms with E-state index in [1.807, 2.05) is 17.5 Å². The molecule has 2 heterocycles. The molecule has 0 bridgehead atoms. The van der Waals surface area contributed by atoms with Gasteiger partial charge in [-0.25, -0.2) is 9.50 Å². The van der Waals surface area contributed by atoms with E-state index in [4.69, 9.17) is 12.2 Å². The number of H-pyrrole nitrogens is 1. The molecule has 0 radical (unpaired) electrons. The van der Waals surface area contributed by atoms with Crippen LogP contribution < -0.4 is 0 Å². The van der Waals surface area contributed by atoms with Gasteiger partial charge in [0.1, 0.15) is 4.64 Å². The van der Waals surface area contributed by atoms with Crippen LogP contribution in [0.25, 0.3) is 5.65 Å². The number of hydrogen-bond acceptors (Lipinski definition) is 2. The van der Waals surface area contributed by atoms with Gasteiger partial charge in [-0.05, 0) is 25.8 Å². The van der Waals surface area contributed by atoms with Crippen LogP contribution in [-0.2, 0) is 0 Å². The molecule has 0 unspecified atom stereocenters. The van der Waals surface area contributed by atoms with Crippen LogP contribution in [0.3, 0.4) is 0 Å². The lowest BCUT2D eigenvalue weighted by Crippen LogP contribution is -1.98. The number of aryl methyl sites for hydroxylation is 1. The lowest BCUT2D eigenvalue weighted by Gasteiger charge is -2.08. The molecule has 86 valence electrons. The molecule has 0 atom stereocenters. The normalized spacial score (nSPS) is 11.5. The number of nitrogens with one attached hydrogen (secondary N) is 1. The third-order valence-electron chi connectivity index (χ3n) is 3.02. The van der Waals surface area contributed by atoms with Crippen molar-refractivity contribution >= 4 is 17.9 Å². The summed E-state index contributed by atoms with van der Waals surface area (Å²) in [6, 6.07) is 4.02. The van der Waals surface area contributed by atoms with Crippen LogP contribution in [0, 0.1) is 11.6 Å². The summed E-state index contributed by atoms with van der Waals surface area (Å²) >= 11 is 5.31. The fourth-order valence-corrected chi connectivity index (χ4v) is 2.38. The van der Waals surface area contributed by atoms with Crippen molar-refractivity contribution in [1.82, 2.24) is 14.6 Å². The Kier molecular flexibility index (Phi) is 3.10. The summed E-state index contributed by atoms with van der Waals surface area (Å²) in [5.74, 6) is 0.566. The Labute approximate surface area is 101 Å². The first-order valence-electron chi connectivity index (χ1n) is 5.75. The van der Waals surface area contributed by atoms with E-state index < -0.39 is 0 Å². The monoisotopic (exact) mass is 235 g/mol. The Morgan fingerprint density at radius 1 is 1.38 bits per heavy atom. The number of rotatable bonds is 3. The van der Waals surface area contributed by atoms with E-state index in [1.54, 1.807) is 0 Å². The van der Waals surface area contributed by atoms with Gasteiger partial charge in [0.2, 0.25) is 0 Å². The van der Waals surface area contributed by atoms with Crippen molar-refractivity contribution in [3.05, 3.63) is 28.2 Å². The summed E-state index contributed by atoms with van der Waals surface area (Å²) in [7, 11) is 0. The Morgan fingerprint density at radius 3 is 2.69 bits per heavy atom. The molecule has 3 nitrogen and oxygen atoms in total. The van der Waals surface area contributed by atoms with E-state index in [0.717, 1.165) is 28.8 Å². The fraction of sp³-hybridized carbons (Fsp3) is 0.500. The zero-order valence-electron chi connectivity index (χ0n) is 9.95. The first kappa shape index (κ1) is 11.3. The minimum absolute atomic E-state index is 0.566. The summed E-state index contributed by atoms with van der Waals surface area (Å²) in [5, 5.41) is 3.34. The van der Waals surface area contributed by atoms with Crippen LogP contribution in [0.5, 0.6) is 0 Å². The van der Waals surface area contributed by atoms with Crippen molar-refractivity contribution in [2.45, 2.75) is 39.5 Å². The lowest BCUT2D eigenvalue weighted by molar-refractivity contribution is 0.616. The van der Waals surface area contributed by atoms with Gasteiger partial charge in [-0.2, -0.15) is 0 Å². The molecule has 0 saturated heterocycles. The summed E-state index contributed by atoms with van der Waals surface area (Å²) in [6.45, 7) is 6.38. The van der Waals surface area contributed by atoms with Gasteiger partial charge in [0, 0.05) is 23.4 Å². The predicted molar refractivity (Wildman–Crippen MR) is 68.4 cm³/mol. The molecule has 0 amide bonds. The van der Waals surface area contributed by atoms with Crippen molar-refractivity contribution < 1.29 is 0 Å². The highest BCUT2D eigenvalue weighted by Crippen LogP contribution is 2.22. The van der Waals surface area contributed by atoms with Gasteiger partial charge < -0.3 is 0 Å². The van der Waals surface area contributed by atoms with Crippen LogP contribution in [-0.4, -0.2) is 14.6 Å². The second kappa shape index (κ2) is 4.37. The van der Waals surface area contributed by atoms with E-state index in [1.165, 1.54) is 5.69 Å². The van der Waals surface area contributed by atoms with Gasteiger partial charge in [-0.1, -0.05) is 26.1 Å². The fourth-order valence-electron chi connectivity index (χ4n) is 2.07. The summed E-state index contributed by atoms with van der Waals surface area (Å²) in [5.41, 5.74) is 3.13. The maximum absolute atomic E-state index is 5.31. The minimum atomic E-state index is 0.566. The maximum atomic E-state index is 5.31. The largest absolute Gasteiger partial charge is 0.295 e. The smallest absolute Gasteiger partial charge is 0.154 e. The highest BCUT2D eigenvalue weighted by Gasteiger charge is 2.10. The third-order valence-corrected chi connectivity index (χ3v) is 3.32. The number of fused-ring (bicyclic) bond motifs is 1. The van der Waals surface area contributed by atoms with Crippen LogP contribution in [0.1, 0.15) is 44.0 Å². The third kappa shape index (κ3) is 1.89. The van der Waals surface area contributed by atoms with Crippen LogP contribution in [0.15, 0.2) is 12.1 Å². The van der Waals surface area contributed by atoms with E-state index in [0.29, 0.717) is 5.92 Å². The average molecular weight is 235 g/mol. The standard InChI is InChI=1S/C12H17N3S/c1-4-9(5-2)10-7-11-13-8(3)6-12(16)15(11)14-10/h6-7,9,14H,4-5H2,1-3H3. The molecule has 4 heteroatoms. The van der Waals surface area contributed by atoms with Gasteiger partial charge >= 0.3 is 0 Å². The molecule has 0 aromatic carbocycles. The molecule has 0 aliphatic heterocycles. The summed E-state index contributed by atoms with van der Waals surface area (Å²) in [6.07, 6.45) is 2.27. The van der Waals surface area contributed by atoms with E-state index in [9.17, 15) is 0 Å². The molecule has 0 spiro atoms. The Balaban J connectivity index is 2.59. The van der Waals surface area contributed by atoms with Crippen molar-refractivity contribution in [2.75, 3.05) is 0 Å². The molecular weight excluding hydrogens is 218 g/mol. The molecule has 0 fully saturated rings. The zero-order valence-corrected chi connectivity index (χ0v) is 10.8. The van der Waals surface area contributed by atoms with Crippen molar-refractivity contribution in [1.29, 1.82) is 0 Å². The lowest BCUT2D eigenvalue weighted by atomic mass is 10.00. The topological polar surface area (TPSA) is 33.1 Å². The molecule has 2 rings (SSSR count). The molecule has 0 aliphatic rings. The molecule has 1 N–H and O–H groups in total. The van der Waals surface area contributed by atoms with Crippen molar-refractivity contribution in [3.63, 3.8) is 0 Å². The number of aromatic nitrogens is 3. The SMILES string of the molecule is CCC(CC)c1cc2nc(C)cc(=S)n2[nH]1. The van der Waals surface area contributed by atoms with Crippen molar-refractivity contribution in [3.8, 4) is 0 Å². The summed E-state index contributed by atoms with van der Waals surface area (Å²) in [4.78, 5) is 4.47.